The zero-order valence-corrected chi connectivity index (χ0v) is 16.9. The van der Waals surface area contributed by atoms with E-state index in [1.54, 1.807) is 10.7 Å². The van der Waals surface area contributed by atoms with Crippen molar-refractivity contribution in [2.24, 2.45) is 0 Å². The molecule has 0 aliphatic carbocycles. The van der Waals surface area contributed by atoms with E-state index in [4.69, 9.17) is 0 Å². The Labute approximate surface area is 161 Å². The van der Waals surface area contributed by atoms with E-state index >= 15 is 0 Å². The molecule has 0 spiro atoms. The van der Waals surface area contributed by atoms with Crippen LogP contribution in [0.3, 0.4) is 0 Å². The summed E-state index contributed by atoms with van der Waals surface area (Å²) < 4.78 is 27.3. The minimum absolute atomic E-state index is 0.0468. The second kappa shape index (κ2) is 6.47. The van der Waals surface area contributed by atoms with Crippen molar-refractivity contribution in [3.05, 3.63) is 29.5 Å². The number of nitrogens with one attached hydrogen (secondary N) is 1. The number of benzene rings is 1. The molecule has 1 aliphatic rings. The number of nitrogens with zero attached hydrogens (tertiary/aromatic N) is 4. The Bertz CT molecular complexity index is 1060. The number of anilines is 1. The van der Waals surface area contributed by atoms with E-state index in [1.165, 1.54) is 21.9 Å². The Hall–Kier alpha value is -2.17. The van der Waals surface area contributed by atoms with Gasteiger partial charge in [0.15, 0.2) is 10.8 Å². The molecular formula is C17H21N5O3S2. The molecule has 27 heavy (non-hydrogen) atoms. The third-order valence-electron chi connectivity index (χ3n) is 4.68. The second-order valence-electron chi connectivity index (χ2n) is 6.98. The number of aromatic nitrogens is 3. The van der Waals surface area contributed by atoms with Gasteiger partial charge in [0.1, 0.15) is 11.4 Å². The summed E-state index contributed by atoms with van der Waals surface area (Å²) in [4.78, 5) is 4.51. The molecule has 1 saturated heterocycles. The largest absolute Gasteiger partial charge is 0.506 e. The molecule has 1 atom stereocenters. The zero-order chi connectivity index (χ0) is 19.3. The Morgan fingerprint density at radius 1 is 1.33 bits per heavy atom. The van der Waals surface area contributed by atoms with Crippen molar-refractivity contribution in [2.45, 2.75) is 26.3 Å². The van der Waals surface area contributed by atoms with Crippen molar-refractivity contribution in [1.29, 1.82) is 0 Å². The third-order valence-corrected chi connectivity index (χ3v) is 6.86. The van der Waals surface area contributed by atoms with Gasteiger partial charge in [-0.15, -0.1) is 5.10 Å². The number of rotatable bonds is 4. The zero-order valence-electron chi connectivity index (χ0n) is 15.3. The molecule has 8 nitrogen and oxygen atoms in total. The summed E-state index contributed by atoms with van der Waals surface area (Å²) in [6, 6.07) is 3.76. The van der Waals surface area contributed by atoms with Gasteiger partial charge in [0.05, 0.1) is 17.2 Å². The van der Waals surface area contributed by atoms with E-state index in [-0.39, 0.29) is 11.8 Å². The standard InChI is InChI=1S/C17H21N5O3S2/c1-10-6-11(2)15(13(23)7-10)22-9-14-16(20-22)19-17(26-14)18-12-4-5-21(8-12)27(3,24)25/h6-7,9,12,23H,4-5,8H2,1-3H3,(H,18,19,20). The number of aryl methyl sites for hydroxylation is 2. The maximum Gasteiger partial charge on any atom is 0.211 e. The van der Waals surface area contributed by atoms with Crippen LogP contribution in [0.15, 0.2) is 18.3 Å². The van der Waals surface area contributed by atoms with Gasteiger partial charge < -0.3 is 10.4 Å². The van der Waals surface area contributed by atoms with E-state index in [0.717, 1.165) is 27.4 Å². The molecule has 144 valence electrons. The lowest BCUT2D eigenvalue weighted by Crippen LogP contribution is -2.30. The number of fused-ring (bicyclic) bond motifs is 1. The summed E-state index contributed by atoms with van der Waals surface area (Å²) in [5.41, 5.74) is 3.18. The lowest BCUT2D eigenvalue weighted by Gasteiger charge is -2.13. The fourth-order valence-corrected chi connectivity index (χ4v) is 5.24. The first-order chi connectivity index (χ1) is 12.7. The first-order valence-electron chi connectivity index (χ1n) is 8.59. The average molecular weight is 408 g/mol. The first-order valence-corrected chi connectivity index (χ1v) is 11.3. The third kappa shape index (κ3) is 3.52. The molecule has 0 bridgehead atoms. The van der Waals surface area contributed by atoms with E-state index in [2.05, 4.69) is 15.4 Å². The fraction of sp³-hybridized carbons (Fsp3) is 0.412. The smallest absolute Gasteiger partial charge is 0.211 e. The van der Waals surface area contributed by atoms with Crippen LogP contribution in [0.5, 0.6) is 5.75 Å². The summed E-state index contributed by atoms with van der Waals surface area (Å²) in [5, 5.41) is 18.8. The van der Waals surface area contributed by atoms with Crippen LogP contribution in [0.25, 0.3) is 16.0 Å². The molecule has 1 unspecified atom stereocenters. The van der Waals surface area contributed by atoms with Crippen LogP contribution in [-0.2, 0) is 10.0 Å². The molecule has 2 aromatic heterocycles. The van der Waals surface area contributed by atoms with Gasteiger partial charge in [0, 0.05) is 19.1 Å². The van der Waals surface area contributed by atoms with E-state index in [0.29, 0.717) is 24.4 Å². The highest BCUT2D eigenvalue weighted by atomic mass is 32.2. The summed E-state index contributed by atoms with van der Waals surface area (Å²) in [6.45, 7) is 4.85. The van der Waals surface area contributed by atoms with Crippen LogP contribution in [0.4, 0.5) is 5.13 Å². The van der Waals surface area contributed by atoms with Crippen LogP contribution in [-0.4, -0.2) is 58.0 Å². The van der Waals surface area contributed by atoms with Gasteiger partial charge in [0.2, 0.25) is 10.0 Å². The molecule has 2 N–H and O–H groups in total. The predicted octanol–water partition coefficient (Wildman–Crippen LogP) is 2.25. The number of aromatic hydroxyl groups is 1. The molecule has 3 aromatic rings. The van der Waals surface area contributed by atoms with Crippen LogP contribution >= 0.6 is 11.3 Å². The van der Waals surface area contributed by atoms with Gasteiger partial charge in [0.25, 0.3) is 0 Å². The van der Waals surface area contributed by atoms with Crippen molar-refractivity contribution in [1.82, 2.24) is 19.1 Å². The monoisotopic (exact) mass is 407 g/mol. The molecule has 0 amide bonds. The SMILES string of the molecule is Cc1cc(C)c(-n2cc3sc(NC4CCN(S(C)(=O)=O)C4)nc3n2)c(O)c1. The van der Waals surface area contributed by atoms with E-state index in [9.17, 15) is 13.5 Å². The minimum atomic E-state index is -3.15. The normalized spacial score (nSPS) is 18.4. The maximum absolute atomic E-state index is 11.6. The molecule has 0 radical (unpaired) electrons. The van der Waals surface area contributed by atoms with Crippen molar-refractivity contribution in [3.63, 3.8) is 0 Å². The molecule has 4 rings (SSSR count). The topological polar surface area (TPSA) is 100 Å². The van der Waals surface area contributed by atoms with Crippen molar-refractivity contribution >= 4 is 36.8 Å². The van der Waals surface area contributed by atoms with Crippen LogP contribution in [0.1, 0.15) is 17.5 Å². The van der Waals surface area contributed by atoms with Crippen molar-refractivity contribution < 1.29 is 13.5 Å². The summed E-state index contributed by atoms with van der Waals surface area (Å²) in [6.07, 6.45) is 3.84. The summed E-state index contributed by atoms with van der Waals surface area (Å²) in [7, 11) is -3.15. The average Bonchev–Trinajstić information content (AvgIpc) is 3.20. The highest BCUT2D eigenvalue weighted by Gasteiger charge is 2.29. The Balaban J connectivity index is 1.55. The van der Waals surface area contributed by atoms with Gasteiger partial charge in [-0.1, -0.05) is 17.4 Å². The van der Waals surface area contributed by atoms with Gasteiger partial charge in [-0.05, 0) is 37.5 Å². The first kappa shape index (κ1) is 18.2. The van der Waals surface area contributed by atoms with Crippen LogP contribution in [0.2, 0.25) is 0 Å². The minimum Gasteiger partial charge on any atom is -0.506 e. The second-order valence-corrected chi connectivity index (χ2v) is 9.99. The lowest BCUT2D eigenvalue weighted by molar-refractivity contribution is 0.469. The number of sulfonamides is 1. The number of phenolic OH excluding ortho intramolecular Hbond substituents is 1. The molecular weight excluding hydrogens is 386 g/mol. The van der Waals surface area contributed by atoms with Crippen LogP contribution < -0.4 is 5.32 Å². The number of hydrogen-bond donors (Lipinski definition) is 2. The van der Waals surface area contributed by atoms with Gasteiger partial charge in [-0.3, -0.25) is 0 Å². The number of phenols is 1. The maximum atomic E-state index is 11.6. The van der Waals surface area contributed by atoms with Gasteiger partial charge in [-0.2, -0.15) is 4.98 Å². The molecule has 10 heteroatoms. The number of hydrogen-bond acceptors (Lipinski definition) is 7. The van der Waals surface area contributed by atoms with Crippen molar-refractivity contribution in [3.8, 4) is 11.4 Å². The fourth-order valence-electron chi connectivity index (χ4n) is 3.46. The Morgan fingerprint density at radius 3 is 2.74 bits per heavy atom. The molecule has 1 aromatic carbocycles. The highest BCUT2D eigenvalue weighted by Crippen LogP contribution is 2.31. The Morgan fingerprint density at radius 2 is 2.11 bits per heavy atom. The van der Waals surface area contributed by atoms with Gasteiger partial charge in [-0.25, -0.2) is 17.4 Å². The van der Waals surface area contributed by atoms with E-state index in [1.807, 2.05) is 26.1 Å². The molecule has 1 fully saturated rings. The van der Waals surface area contributed by atoms with Crippen LogP contribution in [0, 0.1) is 13.8 Å². The van der Waals surface area contributed by atoms with Crippen molar-refractivity contribution in [2.75, 3.05) is 24.7 Å². The summed E-state index contributed by atoms with van der Waals surface area (Å²) in [5.74, 6) is 0.188. The molecule has 3 heterocycles. The molecule has 0 saturated carbocycles. The lowest BCUT2D eigenvalue weighted by atomic mass is 10.1. The van der Waals surface area contributed by atoms with E-state index < -0.39 is 10.0 Å². The Kier molecular flexibility index (Phi) is 4.36. The summed E-state index contributed by atoms with van der Waals surface area (Å²) >= 11 is 1.47. The molecule has 1 aliphatic heterocycles. The predicted molar refractivity (Wildman–Crippen MR) is 106 cm³/mol. The van der Waals surface area contributed by atoms with Gasteiger partial charge >= 0.3 is 0 Å². The number of thiazole rings is 1. The quantitative estimate of drug-likeness (QED) is 0.688. The highest BCUT2D eigenvalue weighted by molar-refractivity contribution is 7.88.